The van der Waals surface area contributed by atoms with E-state index >= 15 is 0 Å². The molecule has 1 fully saturated rings. The summed E-state index contributed by atoms with van der Waals surface area (Å²) in [6, 6.07) is 4.48. The number of carbonyl (C=O) groups excluding carboxylic acids is 1. The summed E-state index contributed by atoms with van der Waals surface area (Å²) in [5.74, 6) is 0.348. The Labute approximate surface area is 89.9 Å². The maximum atomic E-state index is 11.5. The van der Waals surface area contributed by atoms with E-state index in [0.717, 1.165) is 5.69 Å². The first-order chi connectivity index (χ1) is 7.15. The summed E-state index contributed by atoms with van der Waals surface area (Å²) in [6.45, 7) is 4.02. The molecule has 80 valence electrons. The fourth-order valence-electron chi connectivity index (χ4n) is 2.11. The van der Waals surface area contributed by atoms with E-state index in [1.165, 1.54) is 5.56 Å². The highest BCUT2D eigenvalue weighted by atomic mass is 16.1. The molecule has 1 aliphatic heterocycles. The Morgan fingerprint density at radius 3 is 2.93 bits per heavy atom. The molecule has 0 bridgehead atoms. The number of nitrogens with zero attached hydrogens (tertiary/aromatic N) is 1. The fourth-order valence-corrected chi connectivity index (χ4v) is 2.11. The maximum Gasteiger partial charge on any atom is 0.136 e. The van der Waals surface area contributed by atoms with Crippen LogP contribution in [-0.4, -0.2) is 16.8 Å². The Kier molecular flexibility index (Phi) is 2.82. The van der Waals surface area contributed by atoms with E-state index in [2.05, 4.69) is 17.2 Å². The van der Waals surface area contributed by atoms with Crippen LogP contribution in [0, 0.1) is 6.92 Å². The quantitative estimate of drug-likeness (QED) is 0.758. The number of rotatable bonds is 1. The molecule has 1 aromatic rings. The summed E-state index contributed by atoms with van der Waals surface area (Å²) in [5.41, 5.74) is 2.17. The molecule has 1 saturated heterocycles. The Balaban J connectivity index is 2.19. The number of carbonyl (C=O) groups is 1. The van der Waals surface area contributed by atoms with Crippen LogP contribution in [0.3, 0.4) is 0 Å². The molecule has 0 spiro atoms. The van der Waals surface area contributed by atoms with Gasteiger partial charge in [-0.05, 0) is 31.5 Å². The summed E-state index contributed by atoms with van der Waals surface area (Å²) in [4.78, 5) is 15.6. The molecule has 15 heavy (non-hydrogen) atoms. The first-order valence-corrected chi connectivity index (χ1v) is 5.35. The average Bonchev–Trinajstić information content (AvgIpc) is 2.16. The van der Waals surface area contributed by atoms with Gasteiger partial charge in [0.15, 0.2) is 0 Å². The highest BCUT2D eigenvalue weighted by molar-refractivity contribution is 5.80. The highest BCUT2D eigenvalue weighted by Crippen LogP contribution is 2.23. The van der Waals surface area contributed by atoms with Gasteiger partial charge in [0.25, 0.3) is 0 Å². The smallest absolute Gasteiger partial charge is 0.136 e. The van der Waals surface area contributed by atoms with Crippen molar-refractivity contribution in [3.05, 3.63) is 29.6 Å². The SMILES string of the molecule is Cc1cc(C2CC(=O)CC(C)N2)ccn1. The third-order valence-electron chi connectivity index (χ3n) is 2.77. The predicted molar refractivity (Wildman–Crippen MR) is 58.6 cm³/mol. The molecule has 1 aromatic heterocycles. The minimum atomic E-state index is 0.169. The summed E-state index contributed by atoms with van der Waals surface area (Å²) in [7, 11) is 0. The van der Waals surface area contributed by atoms with Gasteiger partial charge < -0.3 is 5.32 Å². The molecule has 2 rings (SSSR count). The van der Waals surface area contributed by atoms with E-state index in [4.69, 9.17) is 0 Å². The Bertz CT molecular complexity index is 376. The molecule has 0 saturated carbocycles. The third-order valence-corrected chi connectivity index (χ3v) is 2.77. The minimum absolute atomic E-state index is 0.169. The fraction of sp³-hybridized carbons (Fsp3) is 0.500. The number of nitrogens with one attached hydrogen (secondary N) is 1. The molecule has 1 N–H and O–H groups in total. The van der Waals surface area contributed by atoms with Gasteiger partial charge in [-0.25, -0.2) is 0 Å². The van der Waals surface area contributed by atoms with Gasteiger partial charge in [-0.15, -0.1) is 0 Å². The zero-order chi connectivity index (χ0) is 10.8. The van der Waals surface area contributed by atoms with Crippen molar-refractivity contribution in [3.8, 4) is 0 Å². The van der Waals surface area contributed by atoms with Crippen LogP contribution in [0.4, 0.5) is 0 Å². The van der Waals surface area contributed by atoms with Crippen LogP contribution < -0.4 is 5.32 Å². The first kappa shape index (κ1) is 10.3. The third kappa shape index (κ3) is 2.42. The minimum Gasteiger partial charge on any atom is -0.307 e. The van der Waals surface area contributed by atoms with Crippen molar-refractivity contribution in [3.63, 3.8) is 0 Å². The molecular weight excluding hydrogens is 188 g/mol. The van der Waals surface area contributed by atoms with Crippen molar-refractivity contribution in [1.82, 2.24) is 10.3 Å². The van der Waals surface area contributed by atoms with Crippen molar-refractivity contribution in [2.45, 2.75) is 38.8 Å². The van der Waals surface area contributed by atoms with Gasteiger partial charge in [0.2, 0.25) is 0 Å². The lowest BCUT2D eigenvalue weighted by molar-refractivity contribution is -0.121. The van der Waals surface area contributed by atoms with Crippen molar-refractivity contribution >= 4 is 5.78 Å². The monoisotopic (exact) mass is 204 g/mol. The van der Waals surface area contributed by atoms with Crippen LogP contribution in [0.2, 0.25) is 0 Å². The van der Waals surface area contributed by atoms with E-state index in [-0.39, 0.29) is 12.1 Å². The number of aryl methyl sites for hydroxylation is 1. The van der Waals surface area contributed by atoms with Crippen molar-refractivity contribution in [2.75, 3.05) is 0 Å². The van der Waals surface area contributed by atoms with Crippen molar-refractivity contribution < 1.29 is 4.79 Å². The van der Waals surface area contributed by atoms with Gasteiger partial charge in [-0.3, -0.25) is 9.78 Å². The summed E-state index contributed by atoms with van der Waals surface area (Å²) in [5, 5.41) is 3.44. The molecular formula is C12H16N2O. The zero-order valence-electron chi connectivity index (χ0n) is 9.16. The van der Waals surface area contributed by atoms with Crippen LogP contribution in [0.25, 0.3) is 0 Å². The standard InChI is InChI=1S/C12H16N2O/c1-8-5-10(3-4-13-8)12-7-11(15)6-9(2)14-12/h3-5,9,12,14H,6-7H2,1-2H3. The van der Waals surface area contributed by atoms with Gasteiger partial charge in [0.05, 0.1) is 0 Å². The maximum absolute atomic E-state index is 11.5. The second-order valence-electron chi connectivity index (χ2n) is 4.30. The lowest BCUT2D eigenvalue weighted by atomic mass is 9.93. The van der Waals surface area contributed by atoms with Crippen LogP contribution >= 0.6 is 0 Å². The van der Waals surface area contributed by atoms with Crippen LogP contribution in [0.15, 0.2) is 18.3 Å². The number of Topliss-reactive ketones (excluding diaryl/α,β-unsaturated/α-hetero) is 1. The Hall–Kier alpha value is -1.22. The van der Waals surface area contributed by atoms with Gasteiger partial charge in [0, 0.05) is 36.8 Å². The molecule has 2 heterocycles. The predicted octanol–water partition coefficient (Wildman–Crippen LogP) is 1.77. The summed E-state index contributed by atoms with van der Waals surface area (Å²) in [6.07, 6.45) is 3.06. The lowest BCUT2D eigenvalue weighted by Crippen LogP contribution is -2.38. The molecule has 2 unspecified atom stereocenters. The largest absolute Gasteiger partial charge is 0.307 e. The average molecular weight is 204 g/mol. The molecule has 0 aliphatic carbocycles. The van der Waals surface area contributed by atoms with Gasteiger partial charge in [-0.1, -0.05) is 0 Å². The van der Waals surface area contributed by atoms with E-state index in [0.29, 0.717) is 18.6 Å². The van der Waals surface area contributed by atoms with Gasteiger partial charge in [0.1, 0.15) is 5.78 Å². The first-order valence-electron chi connectivity index (χ1n) is 5.35. The van der Waals surface area contributed by atoms with Gasteiger partial charge >= 0.3 is 0 Å². The second kappa shape index (κ2) is 4.11. The van der Waals surface area contributed by atoms with Crippen molar-refractivity contribution in [1.29, 1.82) is 0 Å². The van der Waals surface area contributed by atoms with E-state index < -0.39 is 0 Å². The second-order valence-corrected chi connectivity index (χ2v) is 4.30. The van der Waals surface area contributed by atoms with Crippen LogP contribution in [0.5, 0.6) is 0 Å². The zero-order valence-corrected chi connectivity index (χ0v) is 9.16. The molecule has 0 aromatic carbocycles. The van der Waals surface area contributed by atoms with Gasteiger partial charge in [-0.2, -0.15) is 0 Å². The molecule has 1 aliphatic rings. The molecule has 3 heteroatoms. The Morgan fingerprint density at radius 2 is 2.27 bits per heavy atom. The van der Waals surface area contributed by atoms with Crippen LogP contribution in [-0.2, 0) is 4.79 Å². The molecule has 0 radical (unpaired) electrons. The molecule has 2 atom stereocenters. The number of piperidine rings is 1. The summed E-state index contributed by atoms with van der Waals surface area (Å²) >= 11 is 0. The topological polar surface area (TPSA) is 42.0 Å². The number of ketones is 1. The van der Waals surface area contributed by atoms with Crippen molar-refractivity contribution in [2.24, 2.45) is 0 Å². The van der Waals surface area contributed by atoms with E-state index in [1.807, 2.05) is 19.1 Å². The van der Waals surface area contributed by atoms with E-state index in [1.54, 1.807) is 6.20 Å². The van der Waals surface area contributed by atoms with E-state index in [9.17, 15) is 4.79 Å². The number of hydrogen-bond acceptors (Lipinski definition) is 3. The normalized spacial score (nSPS) is 26.7. The highest BCUT2D eigenvalue weighted by Gasteiger charge is 2.24. The number of hydrogen-bond donors (Lipinski definition) is 1. The van der Waals surface area contributed by atoms with Crippen LogP contribution in [0.1, 0.15) is 37.1 Å². The number of aromatic nitrogens is 1. The lowest BCUT2D eigenvalue weighted by Gasteiger charge is -2.28. The molecule has 3 nitrogen and oxygen atoms in total. The Morgan fingerprint density at radius 1 is 1.47 bits per heavy atom. The molecule has 0 amide bonds. The summed E-state index contributed by atoms with van der Waals surface area (Å²) < 4.78 is 0. The number of pyridine rings is 1.